The van der Waals surface area contributed by atoms with Gasteiger partial charge in [-0.05, 0) is 25.7 Å². The van der Waals surface area contributed by atoms with Gasteiger partial charge in [0.15, 0.2) is 0 Å². The lowest BCUT2D eigenvalue weighted by Gasteiger charge is -2.20. The monoisotopic (exact) mass is 228 g/mol. The molecule has 0 aromatic rings. The van der Waals surface area contributed by atoms with E-state index in [9.17, 15) is 4.79 Å². The number of carbonyl (C=O) groups is 1. The lowest BCUT2D eigenvalue weighted by Crippen LogP contribution is -2.44. The first-order valence-electron chi connectivity index (χ1n) is 5.67. The molecule has 0 saturated heterocycles. The van der Waals surface area contributed by atoms with Gasteiger partial charge in [0.1, 0.15) is 0 Å². The lowest BCUT2D eigenvalue weighted by atomic mass is 10.0. The summed E-state index contributed by atoms with van der Waals surface area (Å²) in [5.41, 5.74) is 5.09. The van der Waals surface area contributed by atoms with Gasteiger partial charge in [-0.15, -0.1) is 0 Å². The number of nitrogens with one attached hydrogen (secondary N) is 1. The van der Waals surface area contributed by atoms with Crippen molar-refractivity contribution in [2.45, 2.75) is 52.0 Å². The summed E-state index contributed by atoms with van der Waals surface area (Å²) in [6.07, 6.45) is 4.70. The molecule has 1 rings (SSSR count). The van der Waals surface area contributed by atoms with Crippen molar-refractivity contribution in [3.8, 4) is 0 Å². The molecule has 0 aromatic heterocycles. The number of hydrogen-bond donors (Lipinski definition) is 2. The Hall–Kier alpha value is -0.640. The Labute approximate surface area is 96.8 Å². The standard InChI is InChI=1S/C11H20N2OS/c1-3-5-8(4-2)13-10(14)11(6-7-11)9(12)15/h8H,3-7H2,1-2H3,(H2,12,15)(H,13,14). The normalized spacial score (nSPS) is 19.3. The first-order chi connectivity index (χ1) is 7.06. The molecule has 0 heterocycles. The van der Waals surface area contributed by atoms with Gasteiger partial charge in [-0.1, -0.05) is 32.5 Å². The molecule has 1 amide bonds. The number of amides is 1. The Morgan fingerprint density at radius 2 is 2.13 bits per heavy atom. The predicted molar refractivity (Wildman–Crippen MR) is 65.6 cm³/mol. The van der Waals surface area contributed by atoms with Gasteiger partial charge < -0.3 is 11.1 Å². The molecule has 0 aliphatic heterocycles. The van der Waals surface area contributed by atoms with Gasteiger partial charge in [-0.2, -0.15) is 0 Å². The van der Waals surface area contributed by atoms with Crippen molar-refractivity contribution < 1.29 is 4.79 Å². The Kier molecular flexibility index (Phi) is 4.08. The van der Waals surface area contributed by atoms with E-state index in [2.05, 4.69) is 19.2 Å². The zero-order valence-corrected chi connectivity index (χ0v) is 10.3. The molecule has 0 radical (unpaired) electrons. The zero-order chi connectivity index (χ0) is 11.5. The summed E-state index contributed by atoms with van der Waals surface area (Å²) >= 11 is 4.94. The van der Waals surface area contributed by atoms with Crippen molar-refractivity contribution >= 4 is 23.1 Å². The highest BCUT2D eigenvalue weighted by Crippen LogP contribution is 2.46. The van der Waals surface area contributed by atoms with Crippen LogP contribution in [0.4, 0.5) is 0 Å². The average Bonchev–Trinajstić information content (AvgIpc) is 2.97. The Morgan fingerprint density at radius 3 is 2.47 bits per heavy atom. The molecule has 1 atom stereocenters. The smallest absolute Gasteiger partial charge is 0.233 e. The average molecular weight is 228 g/mol. The molecule has 0 spiro atoms. The minimum Gasteiger partial charge on any atom is -0.392 e. The molecular formula is C11H20N2OS. The molecular weight excluding hydrogens is 208 g/mol. The third-order valence-electron chi connectivity index (χ3n) is 3.12. The molecule has 86 valence electrons. The Balaban J connectivity index is 2.51. The summed E-state index contributed by atoms with van der Waals surface area (Å²) in [7, 11) is 0. The molecule has 4 heteroatoms. The SMILES string of the molecule is CCCC(CC)NC(=O)C1(C(N)=S)CC1. The number of carbonyl (C=O) groups excluding carboxylic acids is 1. The summed E-state index contributed by atoms with van der Waals surface area (Å²) in [5, 5.41) is 3.05. The van der Waals surface area contributed by atoms with E-state index in [1.54, 1.807) is 0 Å². The molecule has 15 heavy (non-hydrogen) atoms. The van der Waals surface area contributed by atoms with Crippen molar-refractivity contribution in [2.75, 3.05) is 0 Å². The molecule has 1 aliphatic rings. The molecule has 3 N–H and O–H groups in total. The second kappa shape index (κ2) is 4.92. The fourth-order valence-electron chi connectivity index (χ4n) is 1.76. The van der Waals surface area contributed by atoms with Crippen molar-refractivity contribution in [3.63, 3.8) is 0 Å². The minimum absolute atomic E-state index is 0.0373. The lowest BCUT2D eigenvalue weighted by molar-refractivity contribution is -0.124. The third-order valence-corrected chi connectivity index (χ3v) is 3.51. The van der Waals surface area contributed by atoms with E-state index in [0.29, 0.717) is 4.99 Å². The van der Waals surface area contributed by atoms with Crippen LogP contribution < -0.4 is 11.1 Å². The summed E-state index contributed by atoms with van der Waals surface area (Å²) < 4.78 is 0. The first-order valence-corrected chi connectivity index (χ1v) is 6.08. The quantitative estimate of drug-likeness (QED) is 0.681. The molecule has 1 fully saturated rings. The van der Waals surface area contributed by atoms with Gasteiger partial charge in [0.25, 0.3) is 0 Å². The van der Waals surface area contributed by atoms with Gasteiger partial charge in [-0.25, -0.2) is 0 Å². The van der Waals surface area contributed by atoms with E-state index in [1.165, 1.54) is 0 Å². The third kappa shape index (κ3) is 2.68. The topological polar surface area (TPSA) is 55.1 Å². The van der Waals surface area contributed by atoms with Crippen LogP contribution in [-0.2, 0) is 4.79 Å². The maximum Gasteiger partial charge on any atom is 0.233 e. The van der Waals surface area contributed by atoms with E-state index in [4.69, 9.17) is 18.0 Å². The van der Waals surface area contributed by atoms with Gasteiger partial charge in [-0.3, -0.25) is 4.79 Å². The first kappa shape index (κ1) is 12.4. The van der Waals surface area contributed by atoms with Crippen LogP contribution in [0.15, 0.2) is 0 Å². The molecule has 3 nitrogen and oxygen atoms in total. The highest BCUT2D eigenvalue weighted by atomic mass is 32.1. The van der Waals surface area contributed by atoms with Crippen molar-refractivity contribution in [1.82, 2.24) is 5.32 Å². The fourth-order valence-corrected chi connectivity index (χ4v) is 2.06. The van der Waals surface area contributed by atoms with Crippen molar-refractivity contribution in [2.24, 2.45) is 11.1 Å². The van der Waals surface area contributed by atoms with Crippen LogP contribution in [-0.4, -0.2) is 16.9 Å². The highest BCUT2D eigenvalue weighted by molar-refractivity contribution is 7.80. The maximum absolute atomic E-state index is 11.9. The van der Waals surface area contributed by atoms with Crippen LogP contribution in [0.25, 0.3) is 0 Å². The van der Waals surface area contributed by atoms with Crippen LogP contribution in [0.1, 0.15) is 46.0 Å². The molecule has 1 saturated carbocycles. The number of thiocarbonyl (C=S) groups is 1. The largest absolute Gasteiger partial charge is 0.392 e. The molecule has 0 aromatic carbocycles. The van der Waals surface area contributed by atoms with Crippen LogP contribution >= 0.6 is 12.2 Å². The minimum atomic E-state index is -0.503. The summed E-state index contributed by atoms with van der Waals surface area (Å²) in [6, 6.07) is 0.273. The number of hydrogen-bond acceptors (Lipinski definition) is 2. The number of nitrogens with two attached hydrogens (primary N) is 1. The van der Waals surface area contributed by atoms with Crippen molar-refractivity contribution in [3.05, 3.63) is 0 Å². The van der Waals surface area contributed by atoms with Crippen LogP contribution in [0.3, 0.4) is 0 Å². The Morgan fingerprint density at radius 1 is 1.53 bits per heavy atom. The maximum atomic E-state index is 11.9. The molecule has 0 bridgehead atoms. The second-order valence-electron chi connectivity index (χ2n) is 4.31. The Bertz CT molecular complexity index is 261. The summed E-state index contributed by atoms with van der Waals surface area (Å²) in [5.74, 6) is 0.0373. The predicted octanol–water partition coefficient (Wildman–Crippen LogP) is 1.75. The van der Waals surface area contributed by atoms with E-state index in [1.807, 2.05) is 0 Å². The number of rotatable bonds is 6. The van der Waals surface area contributed by atoms with E-state index >= 15 is 0 Å². The van der Waals surface area contributed by atoms with Crippen molar-refractivity contribution in [1.29, 1.82) is 0 Å². The second-order valence-corrected chi connectivity index (χ2v) is 4.75. The molecule has 1 aliphatic carbocycles. The van der Waals surface area contributed by atoms with Gasteiger partial charge in [0.05, 0.1) is 10.4 Å². The highest BCUT2D eigenvalue weighted by Gasteiger charge is 2.52. The summed E-state index contributed by atoms with van der Waals surface area (Å²) in [6.45, 7) is 4.20. The van der Waals surface area contributed by atoms with Gasteiger partial charge in [0, 0.05) is 6.04 Å². The fraction of sp³-hybridized carbons (Fsp3) is 0.818. The van der Waals surface area contributed by atoms with E-state index in [-0.39, 0.29) is 11.9 Å². The van der Waals surface area contributed by atoms with Gasteiger partial charge >= 0.3 is 0 Å². The molecule has 1 unspecified atom stereocenters. The van der Waals surface area contributed by atoms with Crippen LogP contribution in [0.2, 0.25) is 0 Å². The summed E-state index contributed by atoms with van der Waals surface area (Å²) in [4.78, 5) is 12.3. The zero-order valence-electron chi connectivity index (χ0n) is 9.51. The van der Waals surface area contributed by atoms with E-state index < -0.39 is 5.41 Å². The van der Waals surface area contributed by atoms with Crippen LogP contribution in [0.5, 0.6) is 0 Å². The van der Waals surface area contributed by atoms with Gasteiger partial charge in [0.2, 0.25) is 5.91 Å². The van der Waals surface area contributed by atoms with Crippen LogP contribution in [0, 0.1) is 5.41 Å². The van der Waals surface area contributed by atoms with E-state index in [0.717, 1.165) is 32.1 Å².